The Bertz CT molecular complexity index is 853. The summed E-state index contributed by atoms with van der Waals surface area (Å²) in [5.41, 5.74) is 1.11. The highest BCUT2D eigenvalue weighted by molar-refractivity contribution is 5.86. The van der Waals surface area contributed by atoms with E-state index in [0.717, 1.165) is 10.9 Å². The van der Waals surface area contributed by atoms with Crippen LogP contribution in [0.4, 0.5) is 0 Å². The predicted octanol–water partition coefficient (Wildman–Crippen LogP) is 1.85. The van der Waals surface area contributed by atoms with E-state index in [2.05, 4.69) is 27.2 Å². The van der Waals surface area contributed by atoms with Crippen molar-refractivity contribution in [2.45, 2.75) is 6.92 Å². The van der Waals surface area contributed by atoms with Crippen molar-refractivity contribution in [1.29, 1.82) is 0 Å². The van der Waals surface area contributed by atoms with Gasteiger partial charge in [0.1, 0.15) is 12.2 Å². The molecule has 106 valence electrons. The Morgan fingerprint density at radius 3 is 3.00 bits per heavy atom. The van der Waals surface area contributed by atoms with Gasteiger partial charge in [-0.2, -0.15) is 0 Å². The van der Waals surface area contributed by atoms with Gasteiger partial charge in [0.05, 0.1) is 0 Å². The number of nitrogens with zero attached hydrogens (tertiary/aromatic N) is 3. The first-order chi connectivity index (χ1) is 10.2. The molecule has 3 aromatic rings. The third kappa shape index (κ3) is 2.40. The second-order valence-corrected chi connectivity index (χ2v) is 4.48. The molecule has 0 fully saturated rings. The number of hydrogen-bond acceptors (Lipinski definition) is 6. The standard InChI is InChI=1S/C14H12N4O3/c1-3-4-20-11-6-8(2)5-9-7-10(13-15-17-18-16-13)14(19)21-12(9)11/h3,5-7H,1,4H2,2H3,(H,15,16,17,18). The molecule has 0 amide bonds. The van der Waals surface area contributed by atoms with Gasteiger partial charge in [-0.3, -0.25) is 0 Å². The molecule has 0 atom stereocenters. The molecule has 2 heterocycles. The second-order valence-electron chi connectivity index (χ2n) is 4.48. The zero-order valence-electron chi connectivity index (χ0n) is 11.3. The summed E-state index contributed by atoms with van der Waals surface area (Å²) in [6, 6.07) is 5.38. The van der Waals surface area contributed by atoms with Crippen LogP contribution in [0.5, 0.6) is 5.75 Å². The van der Waals surface area contributed by atoms with Crippen LogP contribution < -0.4 is 10.4 Å². The van der Waals surface area contributed by atoms with Crippen molar-refractivity contribution in [1.82, 2.24) is 20.6 Å². The average Bonchev–Trinajstić information content (AvgIpc) is 2.98. The van der Waals surface area contributed by atoms with Gasteiger partial charge in [-0.25, -0.2) is 9.89 Å². The molecule has 7 nitrogen and oxygen atoms in total. The molecule has 0 aliphatic carbocycles. The minimum Gasteiger partial charge on any atom is -0.486 e. The van der Waals surface area contributed by atoms with Crippen molar-refractivity contribution in [2.75, 3.05) is 6.61 Å². The van der Waals surface area contributed by atoms with Crippen molar-refractivity contribution in [3.63, 3.8) is 0 Å². The number of hydrogen-bond donors (Lipinski definition) is 1. The highest BCUT2D eigenvalue weighted by atomic mass is 16.5. The fraction of sp³-hybridized carbons (Fsp3) is 0.143. The molecule has 7 heteroatoms. The molecule has 0 saturated heterocycles. The Kier molecular flexibility index (Phi) is 3.23. The topological polar surface area (TPSA) is 93.9 Å². The average molecular weight is 284 g/mol. The van der Waals surface area contributed by atoms with E-state index in [-0.39, 0.29) is 11.4 Å². The number of nitrogens with one attached hydrogen (secondary N) is 1. The molecule has 0 spiro atoms. The maximum absolute atomic E-state index is 12.1. The third-order valence-corrected chi connectivity index (χ3v) is 2.90. The molecule has 2 aromatic heterocycles. The number of aromatic nitrogens is 4. The van der Waals surface area contributed by atoms with Crippen LogP contribution in [0.1, 0.15) is 5.56 Å². The highest BCUT2D eigenvalue weighted by Gasteiger charge is 2.14. The summed E-state index contributed by atoms with van der Waals surface area (Å²) in [4.78, 5) is 12.1. The number of tetrazole rings is 1. The van der Waals surface area contributed by atoms with Crippen molar-refractivity contribution in [3.8, 4) is 17.1 Å². The van der Waals surface area contributed by atoms with Crippen molar-refractivity contribution < 1.29 is 9.15 Å². The quantitative estimate of drug-likeness (QED) is 0.580. The lowest BCUT2D eigenvalue weighted by molar-refractivity contribution is 0.359. The molecule has 1 aromatic carbocycles. The Hall–Kier alpha value is -2.96. The van der Waals surface area contributed by atoms with Gasteiger partial charge in [-0.1, -0.05) is 12.7 Å². The number of aryl methyl sites for hydroxylation is 1. The van der Waals surface area contributed by atoms with E-state index in [1.54, 1.807) is 12.1 Å². The fourth-order valence-electron chi connectivity index (χ4n) is 2.04. The first kappa shape index (κ1) is 13.0. The van der Waals surface area contributed by atoms with Gasteiger partial charge in [-0.05, 0) is 41.1 Å². The van der Waals surface area contributed by atoms with Gasteiger partial charge >= 0.3 is 5.63 Å². The Morgan fingerprint density at radius 1 is 1.43 bits per heavy atom. The summed E-state index contributed by atoms with van der Waals surface area (Å²) in [7, 11) is 0. The number of aromatic amines is 1. The van der Waals surface area contributed by atoms with Crippen LogP contribution in [0.25, 0.3) is 22.4 Å². The molecule has 1 N–H and O–H groups in total. The van der Waals surface area contributed by atoms with E-state index in [0.29, 0.717) is 17.9 Å². The SMILES string of the molecule is C=CCOc1cc(C)cc2cc(-c3nnn[nH]3)c(=O)oc12. The number of benzene rings is 1. The first-order valence-corrected chi connectivity index (χ1v) is 6.25. The monoisotopic (exact) mass is 284 g/mol. The Labute approximate surface area is 119 Å². The lowest BCUT2D eigenvalue weighted by atomic mass is 10.1. The van der Waals surface area contributed by atoms with Gasteiger partial charge in [0.25, 0.3) is 0 Å². The predicted molar refractivity (Wildman–Crippen MR) is 76.1 cm³/mol. The van der Waals surface area contributed by atoms with E-state index in [4.69, 9.17) is 9.15 Å². The second kappa shape index (κ2) is 5.20. The van der Waals surface area contributed by atoms with Gasteiger partial charge in [0.2, 0.25) is 0 Å². The van der Waals surface area contributed by atoms with Crippen molar-refractivity contribution in [3.05, 3.63) is 46.8 Å². The van der Waals surface area contributed by atoms with E-state index in [9.17, 15) is 4.79 Å². The van der Waals surface area contributed by atoms with Crippen LogP contribution in [0.2, 0.25) is 0 Å². The van der Waals surface area contributed by atoms with Crippen LogP contribution in [0, 0.1) is 6.92 Å². The maximum Gasteiger partial charge on any atom is 0.347 e. The number of ether oxygens (including phenoxy) is 1. The molecule has 3 rings (SSSR count). The minimum absolute atomic E-state index is 0.265. The van der Waals surface area contributed by atoms with Crippen LogP contribution in [-0.4, -0.2) is 27.2 Å². The van der Waals surface area contributed by atoms with Crippen LogP contribution in [0.15, 0.2) is 40.1 Å². The Balaban J connectivity index is 2.23. The van der Waals surface area contributed by atoms with Crippen LogP contribution in [0.3, 0.4) is 0 Å². The number of H-pyrrole nitrogens is 1. The molecule has 0 radical (unpaired) electrons. The molecule has 0 bridgehead atoms. The Morgan fingerprint density at radius 2 is 2.29 bits per heavy atom. The summed E-state index contributed by atoms with van der Waals surface area (Å²) in [5, 5.41) is 13.9. The smallest absolute Gasteiger partial charge is 0.347 e. The maximum atomic E-state index is 12.1. The number of rotatable bonds is 4. The lowest BCUT2D eigenvalue weighted by Crippen LogP contribution is -2.05. The zero-order chi connectivity index (χ0) is 14.8. The number of fused-ring (bicyclic) bond motifs is 1. The van der Waals surface area contributed by atoms with E-state index in [1.807, 2.05) is 19.1 Å². The molecule has 0 aliphatic rings. The van der Waals surface area contributed by atoms with Gasteiger partial charge < -0.3 is 9.15 Å². The zero-order valence-corrected chi connectivity index (χ0v) is 11.3. The first-order valence-electron chi connectivity index (χ1n) is 6.25. The molecule has 0 saturated carbocycles. The summed E-state index contributed by atoms with van der Waals surface area (Å²) in [5.74, 6) is 0.768. The summed E-state index contributed by atoms with van der Waals surface area (Å²) in [6.45, 7) is 5.86. The molecule has 21 heavy (non-hydrogen) atoms. The van der Waals surface area contributed by atoms with Crippen LogP contribution >= 0.6 is 0 Å². The molecular formula is C14H12N4O3. The largest absolute Gasteiger partial charge is 0.486 e. The van der Waals surface area contributed by atoms with Crippen molar-refractivity contribution >= 4 is 11.0 Å². The molecular weight excluding hydrogens is 272 g/mol. The van der Waals surface area contributed by atoms with Gasteiger partial charge in [-0.15, -0.1) is 5.10 Å². The molecule has 0 aliphatic heterocycles. The van der Waals surface area contributed by atoms with E-state index >= 15 is 0 Å². The summed E-state index contributed by atoms with van der Waals surface area (Å²) in [6.07, 6.45) is 1.63. The van der Waals surface area contributed by atoms with Crippen molar-refractivity contribution in [2.24, 2.45) is 0 Å². The molecule has 0 unspecified atom stereocenters. The fourth-order valence-corrected chi connectivity index (χ4v) is 2.04. The minimum atomic E-state index is -0.534. The van der Waals surface area contributed by atoms with Gasteiger partial charge in [0, 0.05) is 5.39 Å². The third-order valence-electron chi connectivity index (χ3n) is 2.90. The van der Waals surface area contributed by atoms with E-state index < -0.39 is 5.63 Å². The van der Waals surface area contributed by atoms with Gasteiger partial charge in [0.15, 0.2) is 17.2 Å². The highest BCUT2D eigenvalue weighted by Crippen LogP contribution is 2.28. The summed E-state index contributed by atoms with van der Waals surface area (Å²) < 4.78 is 10.9. The van der Waals surface area contributed by atoms with Crippen LogP contribution in [-0.2, 0) is 0 Å². The summed E-state index contributed by atoms with van der Waals surface area (Å²) >= 11 is 0. The van der Waals surface area contributed by atoms with E-state index in [1.165, 1.54) is 0 Å². The lowest BCUT2D eigenvalue weighted by Gasteiger charge is -2.08. The normalized spacial score (nSPS) is 10.7.